The fourth-order valence-corrected chi connectivity index (χ4v) is 2.53. The van der Waals surface area contributed by atoms with Crippen molar-refractivity contribution in [3.05, 3.63) is 63.1 Å². The van der Waals surface area contributed by atoms with E-state index in [1.165, 1.54) is 17.2 Å². The molecule has 0 bridgehead atoms. The first-order valence-corrected chi connectivity index (χ1v) is 6.84. The highest BCUT2D eigenvalue weighted by molar-refractivity contribution is 6.35. The van der Waals surface area contributed by atoms with Crippen molar-refractivity contribution >= 4 is 23.2 Å². The van der Waals surface area contributed by atoms with Gasteiger partial charge < -0.3 is 10.4 Å². The van der Waals surface area contributed by atoms with Crippen molar-refractivity contribution in [2.24, 2.45) is 0 Å². The Labute approximate surface area is 123 Å². The highest BCUT2D eigenvalue weighted by Crippen LogP contribution is 2.28. The maximum absolute atomic E-state index is 11.8. The summed E-state index contributed by atoms with van der Waals surface area (Å²) in [6.45, 7) is 3.47. The van der Waals surface area contributed by atoms with Crippen LogP contribution in [0.4, 0.5) is 0 Å². The molecule has 0 aliphatic carbocycles. The highest BCUT2D eigenvalue weighted by Gasteiger charge is 2.03. The van der Waals surface area contributed by atoms with E-state index in [1.54, 1.807) is 6.07 Å². The first kappa shape index (κ1) is 14.2. The zero-order valence-corrected chi connectivity index (χ0v) is 12.1. The van der Waals surface area contributed by atoms with E-state index in [2.05, 4.69) is 30.4 Å². The molecule has 0 saturated carbocycles. The van der Waals surface area contributed by atoms with Crippen molar-refractivity contribution in [1.29, 1.82) is 0 Å². The van der Waals surface area contributed by atoms with Crippen molar-refractivity contribution in [2.75, 3.05) is 0 Å². The van der Waals surface area contributed by atoms with Gasteiger partial charge in [0, 0.05) is 21.2 Å². The average Bonchev–Trinajstić information content (AvgIpc) is 2.35. The fourth-order valence-electron chi connectivity index (χ4n) is 2.00. The number of benzene rings is 2. The van der Waals surface area contributed by atoms with Crippen LogP contribution in [0.1, 0.15) is 16.7 Å². The maximum atomic E-state index is 11.8. The number of hydrogen-bond donors (Lipinski definition) is 1. The van der Waals surface area contributed by atoms with Crippen LogP contribution in [0, 0.1) is 6.92 Å². The van der Waals surface area contributed by atoms with Crippen molar-refractivity contribution in [1.82, 2.24) is 0 Å². The Balaban J connectivity index is 2.00. The summed E-state index contributed by atoms with van der Waals surface area (Å²) in [6.07, 6.45) is 0. The lowest BCUT2D eigenvalue weighted by Crippen LogP contribution is -2.80. The fraction of sp³-hybridized carbons (Fsp3) is 0.200. The summed E-state index contributed by atoms with van der Waals surface area (Å²) < 4.78 is 0. The van der Waals surface area contributed by atoms with E-state index in [-0.39, 0.29) is 10.8 Å². The molecule has 0 heterocycles. The van der Waals surface area contributed by atoms with E-state index in [9.17, 15) is 5.11 Å². The minimum absolute atomic E-state index is 0.133. The zero-order valence-electron chi connectivity index (χ0n) is 10.6. The summed E-state index contributed by atoms with van der Waals surface area (Å²) in [4.78, 5) is 0. The molecule has 0 unspecified atom stereocenters. The van der Waals surface area contributed by atoms with Gasteiger partial charge in [0.25, 0.3) is 0 Å². The topological polar surface area (TPSA) is 39.7 Å². The van der Waals surface area contributed by atoms with Crippen LogP contribution in [0.2, 0.25) is 10.0 Å². The molecular formula is C15H15Cl2NO. The van der Waals surface area contributed by atoms with E-state index < -0.39 is 0 Å². The van der Waals surface area contributed by atoms with Gasteiger partial charge >= 0.3 is 0 Å². The Morgan fingerprint density at radius 3 is 2.63 bits per heavy atom. The summed E-state index contributed by atoms with van der Waals surface area (Å²) in [7, 11) is 0. The molecule has 2 aromatic rings. The number of hydrogen-bond acceptors (Lipinski definition) is 1. The van der Waals surface area contributed by atoms with Crippen LogP contribution in [0.3, 0.4) is 0 Å². The van der Waals surface area contributed by atoms with Gasteiger partial charge in [0.05, 0.1) is 0 Å². The van der Waals surface area contributed by atoms with E-state index in [0.717, 1.165) is 6.54 Å². The lowest BCUT2D eigenvalue weighted by Gasteiger charge is -2.15. The van der Waals surface area contributed by atoms with Gasteiger partial charge in [-0.1, -0.05) is 58.8 Å². The second-order valence-electron chi connectivity index (χ2n) is 4.56. The third-order valence-corrected chi connectivity index (χ3v) is 3.41. The number of nitrogens with two attached hydrogens (primary N) is 1. The third-order valence-electron chi connectivity index (χ3n) is 2.91. The molecule has 0 spiro atoms. The van der Waals surface area contributed by atoms with Crippen molar-refractivity contribution < 1.29 is 10.4 Å². The number of halogens is 2. The van der Waals surface area contributed by atoms with Crippen LogP contribution in [-0.4, -0.2) is 0 Å². The molecule has 2 rings (SSSR count). The van der Waals surface area contributed by atoms with Gasteiger partial charge in [0.1, 0.15) is 13.1 Å². The lowest BCUT2D eigenvalue weighted by atomic mass is 10.1. The summed E-state index contributed by atoms with van der Waals surface area (Å²) in [5.41, 5.74) is 3.12. The minimum Gasteiger partial charge on any atom is -0.871 e. The Kier molecular flexibility index (Phi) is 4.70. The third kappa shape index (κ3) is 3.87. The quantitative estimate of drug-likeness (QED) is 0.925. The Morgan fingerprint density at radius 1 is 1.11 bits per heavy atom. The van der Waals surface area contributed by atoms with Gasteiger partial charge in [0.2, 0.25) is 0 Å². The summed E-state index contributed by atoms with van der Waals surface area (Å²) in [5.74, 6) is -0.133. The largest absolute Gasteiger partial charge is 0.871 e. The lowest BCUT2D eigenvalue weighted by molar-refractivity contribution is -0.686. The first-order valence-electron chi connectivity index (χ1n) is 6.08. The predicted molar refractivity (Wildman–Crippen MR) is 76.4 cm³/mol. The van der Waals surface area contributed by atoms with Gasteiger partial charge in [-0.05, 0) is 19.1 Å². The van der Waals surface area contributed by atoms with Crippen molar-refractivity contribution in [3.63, 3.8) is 0 Å². The van der Waals surface area contributed by atoms with Gasteiger partial charge in [-0.15, -0.1) is 0 Å². The Morgan fingerprint density at radius 2 is 1.89 bits per heavy atom. The second kappa shape index (κ2) is 6.29. The molecule has 0 aromatic heterocycles. The Bertz CT molecular complexity index is 584. The molecule has 0 aliphatic heterocycles. The predicted octanol–water partition coefficient (Wildman–Crippen LogP) is 2.64. The summed E-state index contributed by atoms with van der Waals surface area (Å²) in [6, 6.07) is 11.5. The van der Waals surface area contributed by atoms with Crippen LogP contribution in [-0.2, 0) is 13.1 Å². The standard InChI is InChI=1S/C15H15Cl2NO/c1-10-3-2-4-11(5-10)8-18-9-12-6-13(16)7-14(17)15(12)19/h2-7,18-19H,8-9H2,1H3. The first-order chi connectivity index (χ1) is 9.06. The molecule has 100 valence electrons. The summed E-state index contributed by atoms with van der Waals surface area (Å²) >= 11 is 11.7. The second-order valence-corrected chi connectivity index (χ2v) is 5.41. The highest BCUT2D eigenvalue weighted by atomic mass is 35.5. The van der Waals surface area contributed by atoms with Gasteiger partial charge in [-0.25, -0.2) is 0 Å². The molecule has 0 atom stereocenters. The molecule has 0 amide bonds. The monoisotopic (exact) mass is 295 g/mol. The Hall–Kier alpha value is -1.22. The molecular weight excluding hydrogens is 281 g/mol. The molecule has 2 aromatic carbocycles. The smallest absolute Gasteiger partial charge is 0.101 e. The van der Waals surface area contributed by atoms with Crippen LogP contribution >= 0.6 is 23.2 Å². The minimum atomic E-state index is -0.133. The number of aryl methyl sites for hydroxylation is 1. The van der Waals surface area contributed by atoms with Crippen LogP contribution in [0.5, 0.6) is 5.75 Å². The number of rotatable bonds is 4. The zero-order chi connectivity index (χ0) is 13.8. The summed E-state index contributed by atoms with van der Waals surface area (Å²) in [5, 5.41) is 14.6. The maximum Gasteiger partial charge on any atom is 0.101 e. The van der Waals surface area contributed by atoms with E-state index in [4.69, 9.17) is 23.2 Å². The van der Waals surface area contributed by atoms with Crippen molar-refractivity contribution in [3.8, 4) is 5.75 Å². The van der Waals surface area contributed by atoms with Crippen molar-refractivity contribution in [2.45, 2.75) is 20.0 Å². The van der Waals surface area contributed by atoms with E-state index in [1.807, 2.05) is 6.07 Å². The molecule has 2 nitrogen and oxygen atoms in total. The SMILES string of the molecule is Cc1cccc(C[NH2+]Cc2cc(Cl)cc(Cl)c2[O-])c1. The van der Waals surface area contributed by atoms with E-state index >= 15 is 0 Å². The molecule has 4 heteroatoms. The van der Waals surface area contributed by atoms with Gasteiger partial charge in [-0.3, -0.25) is 0 Å². The molecule has 2 N–H and O–H groups in total. The average molecular weight is 296 g/mol. The normalized spacial score (nSPS) is 10.7. The molecule has 19 heavy (non-hydrogen) atoms. The van der Waals surface area contributed by atoms with Crippen LogP contribution in [0.25, 0.3) is 0 Å². The molecule has 0 aliphatic rings. The molecule has 0 radical (unpaired) electrons. The molecule has 0 fully saturated rings. The number of quaternary nitrogens is 1. The van der Waals surface area contributed by atoms with Gasteiger partial charge in [-0.2, -0.15) is 0 Å². The van der Waals surface area contributed by atoms with E-state index in [0.29, 0.717) is 17.1 Å². The van der Waals surface area contributed by atoms with Crippen LogP contribution < -0.4 is 10.4 Å². The van der Waals surface area contributed by atoms with Crippen LogP contribution in [0.15, 0.2) is 36.4 Å². The van der Waals surface area contributed by atoms with Gasteiger partial charge in [0.15, 0.2) is 0 Å². The molecule has 0 saturated heterocycles.